The highest BCUT2D eigenvalue weighted by Crippen LogP contribution is 2.27. The molecule has 0 bridgehead atoms. The summed E-state index contributed by atoms with van der Waals surface area (Å²) in [7, 11) is 0. The minimum Gasteiger partial charge on any atom is -0.398 e. The van der Waals surface area contributed by atoms with Crippen molar-refractivity contribution in [2.45, 2.75) is 10.6 Å². The van der Waals surface area contributed by atoms with Crippen LogP contribution in [0.2, 0.25) is 0 Å². The summed E-state index contributed by atoms with van der Waals surface area (Å²) in [4.78, 5) is 1.03. The zero-order chi connectivity index (χ0) is 11.4. The summed E-state index contributed by atoms with van der Waals surface area (Å²) < 4.78 is 12.9. The van der Waals surface area contributed by atoms with E-state index >= 15 is 0 Å². The highest BCUT2D eigenvalue weighted by Gasteiger charge is 2.00. The molecule has 0 unspecified atom stereocenters. The summed E-state index contributed by atoms with van der Waals surface area (Å²) in [5, 5.41) is 0. The number of hydrogen-bond donors (Lipinski definition) is 1. The van der Waals surface area contributed by atoms with Crippen molar-refractivity contribution in [2.24, 2.45) is 0 Å². The Kier molecular flexibility index (Phi) is 5.32. The molecule has 0 aliphatic heterocycles. The van der Waals surface area contributed by atoms with Crippen molar-refractivity contribution in [2.75, 3.05) is 5.73 Å². The third-order valence-corrected chi connectivity index (χ3v) is 3.36. The molecule has 0 saturated carbocycles. The van der Waals surface area contributed by atoms with Gasteiger partial charge >= 0.3 is 0 Å². The number of anilines is 1. The Morgan fingerprint density at radius 2 is 1.82 bits per heavy atom. The fraction of sp³-hybridized carbons (Fsp3) is 0.0769. The second kappa shape index (κ2) is 6.52. The lowest BCUT2D eigenvalue weighted by molar-refractivity contribution is 0.626. The highest BCUT2D eigenvalue weighted by molar-refractivity contribution is 7.98. The molecule has 0 aromatic heterocycles. The molecule has 2 aromatic rings. The zero-order valence-electron chi connectivity index (χ0n) is 9.10. The van der Waals surface area contributed by atoms with Gasteiger partial charge in [-0.05, 0) is 29.8 Å². The van der Waals surface area contributed by atoms with Gasteiger partial charge in [0.15, 0.2) is 0 Å². The Labute approximate surface area is 111 Å². The van der Waals surface area contributed by atoms with Crippen LogP contribution in [0.5, 0.6) is 0 Å². The van der Waals surface area contributed by atoms with Gasteiger partial charge < -0.3 is 5.73 Å². The Balaban J connectivity index is 0.00000144. The molecule has 4 heteroatoms. The lowest BCUT2D eigenvalue weighted by Gasteiger charge is -2.04. The van der Waals surface area contributed by atoms with Crippen LogP contribution in [-0.2, 0) is 5.75 Å². The molecule has 0 spiro atoms. The molecule has 17 heavy (non-hydrogen) atoms. The van der Waals surface area contributed by atoms with Crippen molar-refractivity contribution in [1.29, 1.82) is 0 Å². The van der Waals surface area contributed by atoms with Gasteiger partial charge in [0, 0.05) is 16.3 Å². The number of benzene rings is 2. The molecule has 90 valence electrons. The third-order valence-electron chi connectivity index (χ3n) is 2.20. The predicted molar refractivity (Wildman–Crippen MR) is 74.1 cm³/mol. The maximum atomic E-state index is 12.9. The molecule has 0 saturated heterocycles. The molecular weight excluding hydrogens is 257 g/mol. The zero-order valence-corrected chi connectivity index (χ0v) is 10.7. The maximum absolute atomic E-state index is 12.9. The Bertz CT molecular complexity index is 490. The minimum absolute atomic E-state index is 0. The molecule has 0 atom stereocenters. The highest BCUT2D eigenvalue weighted by atomic mass is 35.5. The van der Waals surface area contributed by atoms with E-state index in [0.29, 0.717) is 0 Å². The maximum Gasteiger partial charge on any atom is 0.123 e. The Morgan fingerprint density at radius 1 is 1.06 bits per heavy atom. The quantitative estimate of drug-likeness (QED) is 0.670. The molecule has 2 aromatic carbocycles. The number of nitrogen functional groups attached to an aromatic ring is 1. The van der Waals surface area contributed by atoms with Gasteiger partial charge in [-0.15, -0.1) is 24.2 Å². The topological polar surface area (TPSA) is 26.0 Å². The Hall–Kier alpha value is -1.19. The van der Waals surface area contributed by atoms with Gasteiger partial charge in [-0.1, -0.05) is 24.3 Å². The van der Waals surface area contributed by atoms with E-state index in [9.17, 15) is 4.39 Å². The van der Waals surface area contributed by atoms with E-state index in [2.05, 4.69) is 0 Å². The van der Waals surface area contributed by atoms with E-state index in [1.165, 1.54) is 6.07 Å². The van der Waals surface area contributed by atoms with Crippen LogP contribution < -0.4 is 5.73 Å². The second-order valence-corrected chi connectivity index (χ2v) is 4.47. The number of thioether (sulfide) groups is 1. The van der Waals surface area contributed by atoms with Gasteiger partial charge in [0.2, 0.25) is 0 Å². The van der Waals surface area contributed by atoms with Gasteiger partial charge in [-0.25, -0.2) is 4.39 Å². The molecule has 2 N–H and O–H groups in total. The van der Waals surface area contributed by atoms with Gasteiger partial charge in [-0.3, -0.25) is 0 Å². The molecule has 0 aliphatic rings. The van der Waals surface area contributed by atoms with Crippen LogP contribution in [0.3, 0.4) is 0 Å². The normalized spacial score (nSPS) is 9.71. The van der Waals surface area contributed by atoms with Crippen LogP contribution in [0.4, 0.5) is 10.1 Å². The van der Waals surface area contributed by atoms with Crippen LogP contribution in [0.1, 0.15) is 5.56 Å². The third kappa shape index (κ3) is 3.95. The summed E-state index contributed by atoms with van der Waals surface area (Å²) in [6.45, 7) is 0. The lowest BCUT2D eigenvalue weighted by atomic mass is 10.2. The molecule has 0 fully saturated rings. The number of para-hydroxylation sites is 1. The number of halogens is 2. The summed E-state index contributed by atoms with van der Waals surface area (Å²) in [6.07, 6.45) is 0. The average molecular weight is 270 g/mol. The van der Waals surface area contributed by atoms with Crippen molar-refractivity contribution in [3.63, 3.8) is 0 Å². The molecular formula is C13H13ClFNS. The molecule has 2 rings (SSSR count). The van der Waals surface area contributed by atoms with Gasteiger partial charge in [0.1, 0.15) is 5.82 Å². The van der Waals surface area contributed by atoms with Crippen molar-refractivity contribution in [3.05, 3.63) is 59.9 Å². The number of rotatable bonds is 3. The van der Waals surface area contributed by atoms with Crippen LogP contribution in [-0.4, -0.2) is 0 Å². The van der Waals surface area contributed by atoms with Crippen LogP contribution in [0.15, 0.2) is 53.4 Å². The first-order valence-corrected chi connectivity index (χ1v) is 5.96. The minimum atomic E-state index is -0.195. The predicted octanol–water partition coefficient (Wildman–Crippen LogP) is 4.12. The van der Waals surface area contributed by atoms with E-state index in [1.807, 2.05) is 30.3 Å². The number of nitrogens with two attached hydrogens (primary N) is 1. The fourth-order valence-electron chi connectivity index (χ4n) is 1.40. The average Bonchev–Trinajstić information content (AvgIpc) is 2.28. The Morgan fingerprint density at radius 3 is 2.53 bits per heavy atom. The summed E-state index contributed by atoms with van der Waals surface area (Å²) in [6, 6.07) is 14.3. The molecule has 0 aliphatic carbocycles. The smallest absolute Gasteiger partial charge is 0.123 e. The summed E-state index contributed by atoms with van der Waals surface area (Å²) >= 11 is 1.62. The van der Waals surface area contributed by atoms with E-state index in [1.54, 1.807) is 23.9 Å². The van der Waals surface area contributed by atoms with E-state index < -0.39 is 0 Å². The lowest BCUT2D eigenvalue weighted by Crippen LogP contribution is -1.88. The first-order chi connectivity index (χ1) is 7.75. The van der Waals surface area contributed by atoms with Crippen LogP contribution in [0.25, 0.3) is 0 Å². The fourth-order valence-corrected chi connectivity index (χ4v) is 2.31. The van der Waals surface area contributed by atoms with E-state index in [-0.39, 0.29) is 18.2 Å². The first-order valence-electron chi connectivity index (χ1n) is 4.97. The van der Waals surface area contributed by atoms with Crippen LogP contribution >= 0.6 is 24.2 Å². The molecule has 0 radical (unpaired) electrons. The number of hydrogen-bond acceptors (Lipinski definition) is 2. The summed E-state index contributed by atoms with van der Waals surface area (Å²) in [5.41, 5.74) is 7.55. The van der Waals surface area contributed by atoms with Crippen molar-refractivity contribution >= 4 is 29.9 Å². The molecule has 0 heterocycles. The molecule has 1 nitrogen and oxygen atoms in total. The van der Waals surface area contributed by atoms with Gasteiger partial charge in [0.25, 0.3) is 0 Å². The monoisotopic (exact) mass is 269 g/mol. The van der Waals surface area contributed by atoms with Crippen LogP contribution in [0, 0.1) is 5.82 Å². The standard InChI is InChI=1S/C13H12FNS.ClH/c14-11-5-3-4-10(8-11)9-16-13-7-2-1-6-12(13)15;/h1-8H,9,15H2;1H. The van der Waals surface area contributed by atoms with Gasteiger partial charge in [-0.2, -0.15) is 0 Å². The summed E-state index contributed by atoms with van der Waals surface area (Å²) in [5.74, 6) is 0.533. The SMILES string of the molecule is Cl.Nc1ccccc1SCc1cccc(F)c1. The van der Waals surface area contributed by atoms with E-state index in [4.69, 9.17) is 5.73 Å². The van der Waals surface area contributed by atoms with Gasteiger partial charge in [0.05, 0.1) is 0 Å². The van der Waals surface area contributed by atoms with Crippen molar-refractivity contribution in [1.82, 2.24) is 0 Å². The second-order valence-electron chi connectivity index (χ2n) is 3.46. The largest absolute Gasteiger partial charge is 0.398 e. The first kappa shape index (κ1) is 13.9. The molecule has 0 amide bonds. The van der Waals surface area contributed by atoms with Crippen molar-refractivity contribution in [3.8, 4) is 0 Å². The van der Waals surface area contributed by atoms with Crippen molar-refractivity contribution < 1.29 is 4.39 Å². The van der Waals surface area contributed by atoms with E-state index in [0.717, 1.165) is 21.9 Å².